The van der Waals surface area contributed by atoms with E-state index in [0.717, 1.165) is 23.4 Å². The second-order valence-corrected chi connectivity index (χ2v) is 5.62. The van der Waals surface area contributed by atoms with Gasteiger partial charge in [0, 0.05) is 18.7 Å². The second kappa shape index (κ2) is 6.57. The van der Waals surface area contributed by atoms with Crippen molar-refractivity contribution in [3.05, 3.63) is 51.8 Å². The number of aromatic nitrogens is 2. The number of nitrogens with one attached hydrogen (secondary N) is 2. The SMILES string of the molecule is Cc1ccc(C)c(CNC(=O)CCc2c(C)n[nH]c2C)c1. The molecule has 0 saturated carbocycles. The van der Waals surface area contributed by atoms with E-state index in [0.29, 0.717) is 13.0 Å². The third kappa shape index (κ3) is 3.94. The molecule has 2 rings (SSSR count). The normalized spacial score (nSPS) is 10.7. The quantitative estimate of drug-likeness (QED) is 0.887. The van der Waals surface area contributed by atoms with E-state index in [1.54, 1.807) is 0 Å². The summed E-state index contributed by atoms with van der Waals surface area (Å²) in [5, 5.41) is 10.1. The molecule has 2 N–H and O–H groups in total. The molecule has 2 aromatic rings. The number of rotatable bonds is 5. The zero-order valence-electron chi connectivity index (χ0n) is 13.2. The third-order valence-electron chi connectivity index (χ3n) is 3.86. The van der Waals surface area contributed by atoms with E-state index in [1.165, 1.54) is 16.7 Å². The number of aryl methyl sites for hydroxylation is 4. The Morgan fingerprint density at radius 1 is 1.24 bits per heavy atom. The Morgan fingerprint density at radius 2 is 2.00 bits per heavy atom. The zero-order chi connectivity index (χ0) is 15.4. The summed E-state index contributed by atoms with van der Waals surface area (Å²) in [7, 11) is 0. The van der Waals surface area contributed by atoms with Crippen LogP contribution in [0.25, 0.3) is 0 Å². The van der Waals surface area contributed by atoms with Gasteiger partial charge in [-0.25, -0.2) is 0 Å². The molecular formula is C17H23N3O. The zero-order valence-corrected chi connectivity index (χ0v) is 13.2. The van der Waals surface area contributed by atoms with Crippen LogP contribution in [0, 0.1) is 27.7 Å². The average molecular weight is 285 g/mol. The number of carbonyl (C=O) groups excluding carboxylic acids is 1. The van der Waals surface area contributed by atoms with Crippen LogP contribution in [-0.4, -0.2) is 16.1 Å². The summed E-state index contributed by atoms with van der Waals surface area (Å²) in [5.74, 6) is 0.0795. The summed E-state index contributed by atoms with van der Waals surface area (Å²) in [6.45, 7) is 8.68. The third-order valence-corrected chi connectivity index (χ3v) is 3.86. The van der Waals surface area contributed by atoms with E-state index in [9.17, 15) is 4.79 Å². The lowest BCUT2D eigenvalue weighted by molar-refractivity contribution is -0.121. The molecule has 0 bridgehead atoms. The summed E-state index contributed by atoms with van der Waals surface area (Å²) < 4.78 is 0. The molecule has 0 aliphatic rings. The number of aromatic amines is 1. The maximum Gasteiger partial charge on any atom is 0.220 e. The molecule has 1 amide bonds. The van der Waals surface area contributed by atoms with Gasteiger partial charge in [-0.05, 0) is 50.8 Å². The molecule has 4 nitrogen and oxygen atoms in total. The summed E-state index contributed by atoms with van der Waals surface area (Å²) in [6, 6.07) is 6.31. The number of hydrogen-bond donors (Lipinski definition) is 2. The van der Waals surface area contributed by atoms with E-state index >= 15 is 0 Å². The van der Waals surface area contributed by atoms with Crippen molar-refractivity contribution in [1.29, 1.82) is 0 Å². The van der Waals surface area contributed by atoms with Crippen molar-refractivity contribution in [2.45, 2.75) is 47.1 Å². The van der Waals surface area contributed by atoms with Crippen LogP contribution in [0.15, 0.2) is 18.2 Å². The molecule has 1 heterocycles. The van der Waals surface area contributed by atoms with E-state index in [2.05, 4.69) is 47.6 Å². The number of H-pyrrole nitrogens is 1. The highest BCUT2D eigenvalue weighted by Gasteiger charge is 2.09. The molecule has 112 valence electrons. The van der Waals surface area contributed by atoms with Gasteiger partial charge < -0.3 is 5.32 Å². The van der Waals surface area contributed by atoms with Gasteiger partial charge in [0.05, 0.1) is 5.69 Å². The lowest BCUT2D eigenvalue weighted by atomic mass is 10.1. The highest BCUT2D eigenvalue weighted by atomic mass is 16.1. The van der Waals surface area contributed by atoms with Crippen LogP contribution >= 0.6 is 0 Å². The minimum absolute atomic E-state index is 0.0795. The number of benzene rings is 1. The Bertz CT molecular complexity index is 624. The molecule has 0 fully saturated rings. The molecule has 0 saturated heterocycles. The Kier molecular flexibility index (Phi) is 4.78. The van der Waals surface area contributed by atoms with Gasteiger partial charge in [0.25, 0.3) is 0 Å². The molecule has 0 spiro atoms. The van der Waals surface area contributed by atoms with Gasteiger partial charge in [0.15, 0.2) is 0 Å². The summed E-state index contributed by atoms with van der Waals surface area (Å²) in [6.07, 6.45) is 1.22. The maximum absolute atomic E-state index is 12.0. The highest BCUT2D eigenvalue weighted by Crippen LogP contribution is 2.12. The van der Waals surface area contributed by atoms with Crippen molar-refractivity contribution in [3.63, 3.8) is 0 Å². The smallest absolute Gasteiger partial charge is 0.220 e. The lowest BCUT2D eigenvalue weighted by Crippen LogP contribution is -2.23. The van der Waals surface area contributed by atoms with Crippen molar-refractivity contribution >= 4 is 5.91 Å². The number of hydrogen-bond acceptors (Lipinski definition) is 2. The minimum atomic E-state index is 0.0795. The van der Waals surface area contributed by atoms with Crippen LogP contribution in [0.3, 0.4) is 0 Å². The Labute approximate surface area is 126 Å². The van der Waals surface area contributed by atoms with Crippen LogP contribution in [-0.2, 0) is 17.8 Å². The average Bonchev–Trinajstić information content (AvgIpc) is 2.77. The molecule has 0 unspecified atom stereocenters. The fraction of sp³-hybridized carbons (Fsp3) is 0.412. The first-order valence-corrected chi connectivity index (χ1v) is 7.30. The molecule has 21 heavy (non-hydrogen) atoms. The van der Waals surface area contributed by atoms with Gasteiger partial charge in [0.1, 0.15) is 0 Å². The van der Waals surface area contributed by atoms with Crippen LogP contribution in [0.4, 0.5) is 0 Å². The maximum atomic E-state index is 12.0. The van der Waals surface area contributed by atoms with Gasteiger partial charge >= 0.3 is 0 Å². The molecule has 0 atom stereocenters. The van der Waals surface area contributed by atoms with Crippen molar-refractivity contribution in [2.24, 2.45) is 0 Å². The number of amides is 1. The molecular weight excluding hydrogens is 262 g/mol. The van der Waals surface area contributed by atoms with Crippen molar-refractivity contribution in [1.82, 2.24) is 15.5 Å². The van der Waals surface area contributed by atoms with Crippen LogP contribution in [0.2, 0.25) is 0 Å². The Hall–Kier alpha value is -2.10. The number of carbonyl (C=O) groups is 1. The van der Waals surface area contributed by atoms with Gasteiger partial charge in [-0.15, -0.1) is 0 Å². The molecule has 0 aliphatic heterocycles. The largest absolute Gasteiger partial charge is 0.352 e. The fourth-order valence-corrected chi connectivity index (χ4v) is 2.45. The predicted molar refractivity (Wildman–Crippen MR) is 84.1 cm³/mol. The number of nitrogens with zero attached hydrogens (tertiary/aromatic N) is 1. The topological polar surface area (TPSA) is 57.8 Å². The van der Waals surface area contributed by atoms with Crippen molar-refractivity contribution in [3.8, 4) is 0 Å². The predicted octanol–water partition coefficient (Wildman–Crippen LogP) is 2.89. The van der Waals surface area contributed by atoms with Crippen molar-refractivity contribution in [2.75, 3.05) is 0 Å². The summed E-state index contributed by atoms with van der Waals surface area (Å²) in [5.41, 5.74) is 6.79. The Morgan fingerprint density at radius 3 is 2.67 bits per heavy atom. The fourth-order valence-electron chi connectivity index (χ4n) is 2.45. The van der Waals surface area contributed by atoms with Crippen molar-refractivity contribution < 1.29 is 4.79 Å². The monoisotopic (exact) mass is 285 g/mol. The van der Waals surface area contributed by atoms with E-state index < -0.39 is 0 Å². The van der Waals surface area contributed by atoms with E-state index in [4.69, 9.17) is 0 Å². The lowest BCUT2D eigenvalue weighted by Gasteiger charge is -2.09. The standard InChI is InChI=1S/C17H23N3O/c1-11-5-6-12(2)15(9-11)10-18-17(21)8-7-16-13(3)19-20-14(16)4/h5-6,9H,7-8,10H2,1-4H3,(H,18,21)(H,19,20). The molecule has 1 aromatic heterocycles. The van der Waals surface area contributed by atoms with Crippen LogP contribution < -0.4 is 5.32 Å². The molecule has 1 aromatic carbocycles. The first-order chi connectivity index (χ1) is 9.97. The van der Waals surface area contributed by atoms with E-state index in [-0.39, 0.29) is 5.91 Å². The van der Waals surface area contributed by atoms with Gasteiger partial charge in [0.2, 0.25) is 5.91 Å². The Balaban J connectivity index is 1.87. The highest BCUT2D eigenvalue weighted by molar-refractivity contribution is 5.76. The molecule has 4 heteroatoms. The van der Waals surface area contributed by atoms with Gasteiger partial charge in [-0.2, -0.15) is 5.10 Å². The minimum Gasteiger partial charge on any atom is -0.352 e. The first kappa shape index (κ1) is 15.3. The summed E-state index contributed by atoms with van der Waals surface area (Å²) in [4.78, 5) is 12.0. The second-order valence-electron chi connectivity index (χ2n) is 5.62. The van der Waals surface area contributed by atoms with Gasteiger partial charge in [-0.1, -0.05) is 23.8 Å². The molecule has 0 radical (unpaired) electrons. The van der Waals surface area contributed by atoms with Gasteiger partial charge in [-0.3, -0.25) is 9.89 Å². The van der Waals surface area contributed by atoms with Crippen LogP contribution in [0.5, 0.6) is 0 Å². The molecule has 0 aliphatic carbocycles. The first-order valence-electron chi connectivity index (χ1n) is 7.30. The van der Waals surface area contributed by atoms with E-state index in [1.807, 2.05) is 13.8 Å². The summed E-state index contributed by atoms with van der Waals surface area (Å²) >= 11 is 0. The van der Waals surface area contributed by atoms with Crippen LogP contribution in [0.1, 0.15) is 40.1 Å².